The van der Waals surface area contributed by atoms with Crippen LogP contribution in [0.25, 0.3) is 10.6 Å². The lowest BCUT2D eigenvalue weighted by atomic mass is 10.1. The van der Waals surface area contributed by atoms with E-state index in [1.807, 2.05) is 19.1 Å². The van der Waals surface area contributed by atoms with Gasteiger partial charge in [0.2, 0.25) is 0 Å². The van der Waals surface area contributed by atoms with E-state index in [1.165, 1.54) is 0 Å². The van der Waals surface area contributed by atoms with Crippen LogP contribution in [0, 0.1) is 6.92 Å². The highest BCUT2D eigenvalue weighted by Crippen LogP contribution is 2.29. The Hall–Kier alpha value is -0.970. The molecule has 0 radical (unpaired) electrons. The zero-order chi connectivity index (χ0) is 13.8. The molecule has 102 valence electrons. The highest BCUT2D eigenvalue weighted by Gasteiger charge is 2.12. The van der Waals surface area contributed by atoms with Crippen LogP contribution in [0.2, 0.25) is 5.02 Å². The molecule has 5 heteroatoms. The number of rotatable bonds is 5. The van der Waals surface area contributed by atoms with E-state index in [1.54, 1.807) is 11.3 Å². The third-order valence-electron chi connectivity index (χ3n) is 2.80. The van der Waals surface area contributed by atoms with Crippen LogP contribution in [-0.4, -0.2) is 16.7 Å². The summed E-state index contributed by atoms with van der Waals surface area (Å²) in [5.41, 5.74) is 2.17. The van der Waals surface area contributed by atoms with Gasteiger partial charge in [0.1, 0.15) is 10.0 Å². The predicted molar refractivity (Wildman–Crippen MR) is 81.8 cm³/mol. The zero-order valence-electron chi connectivity index (χ0n) is 11.4. The van der Waals surface area contributed by atoms with Gasteiger partial charge in [0, 0.05) is 10.6 Å². The first kappa shape index (κ1) is 14.4. The second-order valence-corrected chi connectivity index (χ2v) is 6.08. The minimum Gasteiger partial charge on any atom is -0.308 e. The Morgan fingerprint density at radius 3 is 2.79 bits per heavy atom. The van der Waals surface area contributed by atoms with Crippen molar-refractivity contribution in [1.82, 2.24) is 15.5 Å². The van der Waals surface area contributed by atoms with Crippen LogP contribution in [0.5, 0.6) is 0 Å². The Labute approximate surface area is 123 Å². The highest BCUT2D eigenvalue weighted by atomic mass is 35.5. The number of hydrogen-bond donors (Lipinski definition) is 1. The molecule has 3 nitrogen and oxygen atoms in total. The molecule has 1 atom stereocenters. The number of halogens is 1. The van der Waals surface area contributed by atoms with Crippen molar-refractivity contribution >= 4 is 22.9 Å². The van der Waals surface area contributed by atoms with Crippen LogP contribution >= 0.6 is 22.9 Å². The van der Waals surface area contributed by atoms with Gasteiger partial charge in [0.15, 0.2) is 0 Å². The second kappa shape index (κ2) is 6.46. The molecule has 1 aromatic carbocycles. The minimum absolute atomic E-state index is 0.242. The predicted octanol–water partition coefficient (Wildman–Crippen LogP) is 4.23. The maximum atomic E-state index is 6.08. The van der Waals surface area contributed by atoms with E-state index in [0.29, 0.717) is 0 Å². The lowest BCUT2D eigenvalue weighted by Crippen LogP contribution is -2.18. The Morgan fingerprint density at radius 1 is 1.32 bits per heavy atom. The smallest absolute Gasteiger partial charge is 0.147 e. The van der Waals surface area contributed by atoms with E-state index >= 15 is 0 Å². The van der Waals surface area contributed by atoms with E-state index in [-0.39, 0.29) is 6.04 Å². The molecule has 0 amide bonds. The van der Waals surface area contributed by atoms with Gasteiger partial charge in [0.25, 0.3) is 0 Å². The molecule has 0 aliphatic rings. The monoisotopic (exact) mass is 295 g/mol. The molecular formula is C14H18ClN3S. The van der Waals surface area contributed by atoms with Gasteiger partial charge in [-0.3, -0.25) is 0 Å². The largest absolute Gasteiger partial charge is 0.308 e. The Bertz CT molecular complexity index is 533. The van der Waals surface area contributed by atoms with E-state index < -0.39 is 0 Å². The summed E-state index contributed by atoms with van der Waals surface area (Å²) >= 11 is 7.70. The second-order valence-electron chi connectivity index (χ2n) is 4.64. The molecule has 0 aliphatic heterocycles. The molecule has 0 bridgehead atoms. The average Bonchev–Trinajstić information content (AvgIpc) is 2.84. The van der Waals surface area contributed by atoms with Crippen molar-refractivity contribution in [2.24, 2.45) is 0 Å². The summed E-state index contributed by atoms with van der Waals surface area (Å²) in [6.07, 6.45) is 1.11. The van der Waals surface area contributed by atoms with Crippen LogP contribution in [0.15, 0.2) is 18.2 Å². The normalized spacial score (nSPS) is 12.6. The van der Waals surface area contributed by atoms with Crippen molar-refractivity contribution in [1.29, 1.82) is 0 Å². The minimum atomic E-state index is 0.242. The molecule has 0 spiro atoms. The number of nitrogens with zero attached hydrogens (tertiary/aromatic N) is 2. The third kappa shape index (κ3) is 3.75. The van der Waals surface area contributed by atoms with Gasteiger partial charge >= 0.3 is 0 Å². The van der Waals surface area contributed by atoms with Crippen molar-refractivity contribution in [2.75, 3.05) is 6.54 Å². The van der Waals surface area contributed by atoms with E-state index in [4.69, 9.17) is 11.6 Å². The number of aromatic nitrogens is 2. The third-order valence-corrected chi connectivity index (χ3v) is 4.17. The molecule has 0 saturated carbocycles. The van der Waals surface area contributed by atoms with Crippen molar-refractivity contribution in [3.05, 3.63) is 33.8 Å². The van der Waals surface area contributed by atoms with Crippen molar-refractivity contribution in [2.45, 2.75) is 33.2 Å². The quantitative estimate of drug-likeness (QED) is 0.897. The first-order chi connectivity index (χ1) is 9.10. The standard InChI is InChI=1S/C14H18ClN3S/c1-4-5-16-10(3)13-17-18-14(19-13)11-6-9(2)7-12(15)8-11/h6-8,10,16H,4-5H2,1-3H3. The molecule has 1 heterocycles. The van der Waals surface area contributed by atoms with Gasteiger partial charge < -0.3 is 5.32 Å². The summed E-state index contributed by atoms with van der Waals surface area (Å²) in [6.45, 7) is 7.29. The maximum absolute atomic E-state index is 6.08. The zero-order valence-corrected chi connectivity index (χ0v) is 13.0. The van der Waals surface area contributed by atoms with E-state index in [9.17, 15) is 0 Å². The van der Waals surface area contributed by atoms with E-state index in [0.717, 1.165) is 39.1 Å². The fourth-order valence-electron chi connectivity index (χ4n) is 1.83. The number of aryl methyl sites for hydroxylation is 1. The molecule has 0 saturated heterocycles. The highest BCUT2D eigenvalue weighted by molar-refractivity contribution is 7.14. The van der Waals surface area contributed by atoms with Gasteiger partial charge in [-0.1, -0.05) is 29.9 Å². The molecule has 1 unspecified atom stereocenters. The first-order valence-corrected chi connectivity index (χ1v) is 7.64. The van der Waals surface area contributed by atoms with Gasteiger partial charge in [-0.05, 0) is 50.6 Å². The fraction of sp³-hybridized carbons (Fsp3) is 0.429. The summed E-state index contributed by atoms with van der Waals surface area (Å²) < 4.78 is 0. The summed E-state index contributed by atoms with van der Waals surface area (Å²) in [7, 11) is 0. The molecular weight excluding hydrogens is 278 g/mol. The molecule has 2 aromatic rings. The van der Waals surface area contributed by atoms with Gasteiger partial charge in [-0.15, -0.1) is 10.2 Å². The van der Waals surface area contributed by atoms with Gasteiger partial charge in [-0.25, -0.2) is 0 Å². The van der Waals surface area contributed by atoms with Gasteiger partial charge in [-0.2, -0.15) is 0 Å². The van der Waals surface area contributed by atoms with Crippen LogP contribution in [0.1, 0.15) is 36.9 Å². The molecule has 2 rings (SSSR count). The number of nitrogens with one attached hydrogen (secondary N) is 1. The first-order valence-electron chi connectivity index (χ1n) is 6.44. The maximum Gasteiger partial charge on any atom is 0.147 e. The Kier molecular flexibility index (Phi) is 4.91. The van der Waals surface area contributed by atoms with Gasteiger partial charge in [0.05, 0.1) is 6.04 Å². The SMILES string of the molecule is CCCNC(C)c1nnc(-c2cc(C)cc(Cl)c2)s1. The van der Waals surface area contributed by atoms with Crippen LogP contribution < -0.4 is 5.32 Å². The molecule has 19 heavy (non-hydrogen) atoms. The lowest BCUT2D eigenvalue weighted by Gasteiger charge is -2.08. The summed E-state index contributed by atoms with van der Waals surface area (Å²) in [6, 6.07) is 6.20. The number of benzene rings is 1. The Balaban J connectivity index is 2.20. The summed E-state index contributed by atoms with van der Waals surface area (Å²) in [4.78, 5) is 0. The van der Waals surface area contributed by atoms with Crippen molar-refractivity contribution < 1.29 is 0 Å². The molecule has 1 aromatic heterocycles. The van der Waals surface area contributed by atoms with E-state index in [2.05, 4.69) is 35.4 Å². The van der Waals surface area contributed by atoms with Crippen molar-refractivity contribution in [3.63, 3.8) is 0 Å². The fourth-order valence-corrected chi connectivity index (χ4v) is 2.98. The number of hydrogen-bond acceptors (Lipinski definition) is 4. The van der Waals surface area contributed by atoms with Crippen LogP contribution in [0.4, 0.5) is 0 Å². The lowest BCUT2D eigenvalue weighted by molar-refractivity contribution is 0.564. The van der Waals surface area contributed by atoms with Crippen LogP contribution in [-0.2, 0) is 0 Å². The van der Waals surface area contributed by atoms with Crippen LogP contribution in [0.3, 0.4) is 0 Å². The summed E-state index contributed by atoms with van der Waals surface area (Å²) in [5.74, 6) is 0. The molecule has 0 aliphatic carbocycles. The summed E-state index contributed by atoms with van der Waals surface area (Å²) in [5, 5.41) is 14.6. The average molecular weight is 296 g/mol. The molecule has 0 fully saturated rings. The van der Waals surface area contributed by atoms with Crippen molar-refractivity contribution in [3.8, 4) is 10.6 Å². The topological polar surface area (TPSA) is 37.8 Å². The Morgan fingerprint density at radius 2 is 2.11 bits per heavy atom. The molecule has 1 N–H and O–H groups in total.